The standard InChI is InChI=1S/C92H143N3O10/c1-5-8-11-14-17-20-23-26-29-32-35-38-41-44-47-59-68-100-84-71-79(72-85(101-69-60-48-45-42-39-36-33-30-27-24-21-18-15-12-9-6-2)88(84)102-70-61-49-46-43-40-37-34-31-28-25-22-19-16-13-10-7-3)90(98)104-77-87(96)103-76-83-74-94(75-86(105-83)95-73-78(4)89(97)93-91(95)99)92(80-62-53-50-54-63-80,81-64-55-51-56-65-81)82-66-57-52-58-67-82/h50-58,62-67,71-73,83,86H,5-49,59-61,68-70,74-77H2,1-4H3,(H,93,97,99). The van der Waals surface area contributed by atoms with Gasteiger partial charge in [0.2, 0.25) is 5.75 Å². The van der Waals surface area contributed by atoms with E-state index in [4.69, 9.17) is 28.4 Å². The smallest absolute Gasteiger partial charge is 0.344 e. The van der Waals surface area contributed by atoms with Crippen molar-refractivity contribution in [2.45, 2.75) is 354 Å². The van der Waals surface area contributed by atoms with Crippen LogP contribution in [0.25, 0.3) is 0 Å². The Hall–Kier alpha value is -6.18. The minimum absolute atomic E-state index is 0.191. The van der Waals surface area contributed by atoms with E-state index in [0.717, 1.165) is 68.1 Å². The first-order chi connectivity index (χ1) is 51.7. The minimum Gasteiger partial charge on any atom is -0.490 e. The Kier molecular flexibility index (Phi) is 46.9. The predicted octanol–water partition coefficient (Wildman–Crippen LogP) is 24.4. The number of aromatic nitrogens is 2. The molecule has 0 amide bonds. The zero-order valence-corrected chi connectivity index (χ0v) is 66.4. The summed E-state index contributed by atoms with van der Waals surface area (Å²) in [6, 6.07) is 34.0. The highest BCUT2D eigenvalue weighted by molar-refractivity contribution is 5.92. The normalized spacial score (nSPS) is 14.0. The van der Waals surface area contributed by atoms with Crippen molar-refractivity contribution in [3.63, 3.8) is 0 Å². The van der Waals surface area contributed by atoms with Crippen LogP contribution in [-0.4, -0.2) is 78.6 Å². The van der Waals surface area contributed by atoms with E-state index >= 15 is 0 Å². The van der Waals surface area contributed by atoms with Crippen LogP contribution in [-0.2, 0) is 24.5 Å². The number of hydrogen-bond donors (Lipinski definition) is 1. The van der Waals surface area contributed by atoms with Crippen LogP contribution in [0.1, 0.15) is 368 Å². The molecule has 5 aromatic rings. The summed E-state index contributed by atoms with van der Waals surface area (Å²) in [4.78, 5) is 59.6. The fourth-order valence-corrected chi connectivity index (χ4v) is 15.2. The molecule has 105 heavy (non-hydrogen) atoms. The molecule has 6 rings (SSSR count). The van der Waals surface area contributed by atoms with Gasteiger partial charge < -0.3 is 28.4 Å². The number of aryl methyl sites for hydroxylation is 1. The first kappa shape index (κ1) is 87.7. The van der Waals surface area contributed by atoms with E-state index in [2.05, 4.69) is 67.1 Å². The van der Waals surface area contributed by atoms with E-state index in [1.165, 1.54) is 268 Å². The monoisotopic (exact) mass is 1450 g/mol. The van der Waals surface area contributed by atoms with Crippen molar-refractivity contribution in [2.24, 2.45) is 0 Å². The quantitative estimate of drug-likeness (QED) is 0.0225. The van der Waals surface area contributed by atoms with Crippen LogP contribution in [0, 0.1) is 6.92 Å². The zero-order chi connectivity index (χ0) is 74.3. The Labute approximate surface area is 636 Å². The molecule has 1 N–H and O–H groups in total. The second-order valence-electron chi connectivity index (χ2n) is 30.4. The van der Waals surface area contributed by atoms with Crippen molar-refractivity contribution in [2.75, 3.05) is 46.1 Å². The van der Waals surface area contributed by atoms with E-state index in [1.54, 1.807) is 19.1 Å². The van der Waals surface area contributed by atoms with Crippen LogP contribution in [0.2, 0.25) is 0 Å². The topological polar surface area (TPSA) is 148 Å². The van der Waals surface area contributed by atoms with Crippen LogP contribution in [0.15, 0.2) is 119 Å². The maximum Gasteiger partial charge on any atom is 0.344 e. The van der Waals surface area contributed by atoms with Gasteiger partial charge >= 0.3 is 17.6 Å². The number of carbonyl (C=O) groups excluding carboxylic acids is 2. The zero-order valence-electron chi connectivity index (χ0n) is 66.4. The number of aromatic amines is 1. The average molecular weight is 1450 g/mol. The van der Waals surface area contributed by atoms with Crippen molar-refractivity contribution < 1.29 is 38.0 Å². The number of esters is 2. The number of morpholine rings is 1. The number of rotatable bonds is 64. The average Bonchev–Trinajstić information content (AvgIpc) is 0.730. The summed E-state index contributed by atoms with van der Waals surface area (Å²) in [7, 11) is 0. The lowest BCUT2D eigenvalue weighted by molar-refractivity contribution is -0.172. The Morgan fingerprint density at radius 2 is 0.752 bits per heavy atom. The third-order valence-corrected chi connectivity index (χ3v) is 21.4. The van der Waals surface area contributed by atoms with Gasteiger partial charge in [0, 0.05) is 24.8 Å². The van der Waals surface area contributed by atoms with Crippen LogP contribution < -0.4 is 25.5 Å². The molecule has 0 bridgehead atoms. The van der Waals surface area contributed by atoms with E-state index in [9.17, 15) is 19.2 Å². The van der Waals surface area contributed by atoms with Gasteiger partial charge in [-0.25, -0.2) is 14.4 Å². The van der Waals surface area contributed by atoms with Crippen LogP contribution in [0.4, 0.5) is 0 Å². The van der Waals surface area contributed by atoms with Crippen molar-refractivity contribution in [3.8, 4) is 17.2 Å². The molecule has 1 saturated heterocycles. The molecule has 1 aliphatic heterocycles. The van der Waals surface area contributed by atoms with E-state index < -0.39 is 47.7 Å². The lowest BCUT2D eigenvalue weighted by atomic mass is 9.75. The van der Waals surface area contributed by atoms with E-state index in [-0.39, 0.29) is 25.3 Å². The number of ether oxygens (including phenoxy) is 6. The molecule has 586 valence electrons. The van der Waals surface area contributed by atoms with Gasteiger partial charge in [-0.1, -0.05) is 401 Å². The number of H-pyrrole nitrogens is 1. The van der Waals surface area contributed by atoms with Gasteiger partial charge in [0.25, 0.3) is 5.56 Å². The number of hydrogen-bond acceptors (Lipinski definition) is 11. The molecule has 13 nitrogen and oxygen atoms in total. The number of unbranched alkanes of at least 4 members (excludes halogenated alkanes) is 45. The second kappa shape index (κ2) is 56.1. The maximum absolute atomic E-state index is 14.4. The number of benzene rings is 4. The van der Waals surface area contributed by atoms with Crippen LogP contribution >= 0.6 is 0 Å². The number of nitrogens with zero attached hydrogens (tertiary/aromatic N) is 2. The highest BCUT2D eigenvalue weighted by atomic mass is 16.6. The molecule has 2 heterocycles. The van der Waals surface area contributed by atoms with Crippen molar-refractivity contribution >= 4 is 11.9 Å². The van der Waals surface area contributed by atoms with Gasteiger partial charge in [-0.3, -0.25) is 19.2 Å². The minimum atomic E-state index is -0.917. The van der Waals surface area contributed by atoms with Crippen LogP contribution in [0.5, 0.6) is 17.2 Å². The summed E-state index contributed by atoms with van der Waals surface area (Å²) in [6.07, 6.45) is 61.4. The lowest BCUT2D eigenvalue weighted by Gasteiger charge is -2.50. The third-order valence-electron chi connectivity index (χ3n) is 21.4. The summed E-state index contributed by atoms with van der Waals surface area (Å²) in [5.74, 6) is -0.0995. The highest BCUT2D eigenvalue weighted by Crippen LogP contribution is 2.45. The summed E-state index contributed by atoms with van der Waals surface area (Å²) in [5, 5.41) is 0. The highest BCUT2D eigenvalue weighted by Gasteiger charge is 2.47. The summed E-state index contributed by atoms with van der Waals surface area (Å²) in [6.45, 7) is 9.49. The molecule has 2 unspecified atom stereocenters. The fraction of sp³-hybridized carbons (Fsp3) is 0.674. The second-order valence-corrected chi connectivity index (χ2v) is 30.4. The molecule has 2 atom stereocenters. The van der Waals surface area contributed by atoms with Gasteiger partial charge in [0.1, 0.15) is 12.7 Å². The third kappa shape index (κ3) is 34.7. The SMILES string of the molecule is CCCCCCCCCCCCCCCCCCOc1cc(C(=O)OCC(=O)OCC2CN(C(c3ccccc3)(c3ccccc3)c3ccccc3)CC(n3cc(C)c(=O)[nH]c3=O)O2)cc(OCCCCCCCCCCCCCCCCCC)c1OCCCCCCCCCCCCCCCCCC. The summed E-state index contributed by atoms with van der Waals surface area (Å²) < 4.78 is 40.0. The largest absolute Gasteiger partial charge is 0.490 e. The Bertz CT molecular complexity index is 2960. The molecule has 0 spiro atoms. The Morgan fingerprint density at radius 3 is 1.10 bits per heavy atom. The van der Waals surface area contributed by atoms with Crippen molar-refractivity contribution in [1.29, 1.82) is 0 Å². The Balaban J connectivity index is 1.12. The van der Waals surface area contributed by atoms with E-state index in [0.29, 0.717) is 42.6 Å². The van der Waals surface area contributed by atoms with E-state index in [1.807, 2.05) is 54.6 Å². The molecule has 1 fully saturated rings. The summed E-state index contributed by atoms with van der Waals surface area (Å²) >= 11 is 0. The summed E-state index contributed by atoms with van der Waals surface area (Å²) in [5.41, 5.74) is 1.45. The molecule has 13 heteroatoms. The van der Waals surface area contributed by atoms with Crippen molar-refractivity contribution in [3.05, 3.63) is 158 Å². The Morgan fingerprint density at radius 1 is 0.429 bits per heavy atom. The molecule has 4 aromatic carbocycles. The first-order valence-corrected chi connectivity index (χ1v) is 43.0. The molecule has 1 aromatic heterocycles. The molecular formula is C92H143N3O10. The van der Waals surface area contributed by atoms with Crippen molar-refractivity contribution in [1.82, 2.24) is 14.5 Å². The molecular weight excluding hydrogens is 1310 g/mol. The van der Waals surface area contributed by atoms with Gasteiger partial charge in [0.05, 0.1) is 30.9 Å². The van der Waals surface area contributed by atoms with Crippen LogP contribution in [0.3, 0.4) is 0 Å². The molecule has 0 aliphatic carbocycles. The first-order valence-electron chi connectivity index (χ1n) is 43.0. The van der Waals surface area contributed by atoms with Gasteiger partial charge in [-0.15, -0.1) is 0 Å². The molecule has 0 saturated carbocycles. The number of nitrogens with one attached hydrogen (secondary N) is 1. The predicted molar refractivity (Wildman–Crippen MR) is 434 cm³/mol. The maximum atomic E-state index is 14.4. The lowest BCUT2D eigenvalue weighted by Crippen LogP contribution is -2.58. The molecule has 1 aliphatic rings. The van der Waals surface area contributed by atoms with Gasteiger partial charge in [0.15, 0.2) is 24.3 Å². The number of carbonyl (C=O) groups is 2. The van der Waals surface area contributed by atoms with Gasteiger partial charge in [-0.05, 0) is 55.0 Å². The molecule has 0 radical (unpaired) electrons. The fourth-order valence-electron chi connectivity index (χ4n) is 15.2. The van der Waals surface area contributed by atoms with Gasteiger partial charge in [-0.2, -0.15) is 0 Å².